The van der Waals surface area contributed by atoms with E-state index in [-0.39, 0.29) is 0 Å². The molecule has 2 aromatic carbocycles. The lowest BCUT2D eigenvalue weighted by molar-refractivity contribution is 1.30. The molecule has 0 radical (unpaired) electrons. The molecule has 0 aliphatic carbocycles. The average molecular weight is 290 g/mol. The molecule has 0 saturated heterocycles. The summed E-state index contributed by atoms with van der Waals surface area (Å²) in [5.74, 6) is 0.350. The second-order valence-corrected chi connectivity index (χ2v) is 4.91. The van der Waals surface area contributed by atoms with E-state index >= 15 is 0 Å². The van der Waals surface area contributed by atoms with Gasteiger partial charge in [0.2, 0.25) is 0 Å². The van der Waals surface area contributed by atoms with E-state index in [1.807, 2.05) is 24.3 Å². The fourth-order valence-corrected chi connectivity index (χ4v) is 2.39. The number of aromatic nitrogens is 2. The van der Waals surface area contributed by atoms with Gasteiger partial charge in [-0.05, 0) is 30.3 Å². The summed E-state index contributed by atoms with van der Waals surface area (Å²) in [4.78, 5) is 8.86. The predicted molar refractivity (Wildman–Crippen MR) is 79.4 cm³/mol. The second-order valence-electron chi connectivity index (χ2n) is 4.07. The SMILES string of the molecule is Nc1nc2ccccc2nc1-c1ccc(Cl)cc1Cl. The summed E-state index contributed by atoms with van der Waals surface area (Å²) in [6.45, 7) is 0. The highest BCUT2D eigenvalue weighted by Gasteiger charge is 2.11. The monoisotopic (exact) mass is 289 g/mol. The molecule has 2 N–H and O–H groups in total. The van der Waals surface area contributed by atoms with Crippen molar-refractivity contribution in [2.24, 2.45) is 0 Å². The molecule has 19 heavy (non-hydrogen) atoms. The zero-order chi connectivity index (χ0) is 13.4. The van der Waals surface area contributed by atoms with Gasteiger partial charge in [0.25, 0.3) is 0 Å². The number of nitrogen functional groups attached to an aromatic ring is 1. The predicted octanol–water partition coefficient (Wildman–Crippen LogP) is 4.19. The topological polar surface area (TPSA) is 51.8 Å². The lowest BCUT2D eigenvalue weighted by Gasteiger charge is -2.08. The highest BCUT2D eigenvalue weighted by atomic mass is 35.5. The van der Waals surface area contributed by atoms with E-state index in [9.17, 15) is 0 Å². The third-order valence-corrected chi connectivity index (χ3v) is 3.33. The van der Waals surface area contributed by atoms with E-state index in [0.29, 0.717) is 21.6 Å². The molecule has 1 heterocycles. The van der Waals surface area contributed by atoms with Crippen molar-refractivity contribution < 1.29 is 0 Å². The van der Waals surface area contributed by atoms with Gasteiger partial charge in [-0.1, -0.05) is 35.3 Å². The largest absolute Gasteiger partial charge is 0.382 e. The Bertz CT molecular complexity index is 772. The number of para-hydroxylation sites is 2. The van der Waals surface area contributed by atoms with Crippen LogP contribution < -0.4 is 5.73 Å². The molecule has 0 spiro atoms. The lowest BCUT2D eigenvalue weighted by atomic mass is 10.1. The maximum Gasteiger partial charge on any atom is 0.150 e. The van der Waals surface area contributed by atoms with Crippen LogP contribution in [0.25, 0.3) is 22.3 Å². The third-order valence-electron chi connectivity index (χ3n) is 2.78. The first-order valence-corrected chi connectivity index (χ1v) is 6.38. The zero-order valence-corrected chi connectivity index (χ0v) is 11.3. The third kappa shape index (κ3) is 2.23. The molecule has 1 aromatic heterocycles. The van der Waals surface area contributed by atoms with E-state index in [0.717, 1.165) is 16.6 Å². The van der Waals surface area contributed by atoms with Crippen LogP contribution in [0.1, 0.15) is 0 Å². The summed E-state index contributed by atoms with van der Waals surface area (Å²) in [6, 6.07) is 12.8. The Morgan fingerprint density at radius 1 is 0.895 bits per heavy atom. The fraction of sp³-hybridized carbons (Fsp3) is 0. The number of nitrogens with two attached hydrogens (primary N) is 1. The number of rotatable bonds is 1. The van der Waals surface area contributed by atoms with Crippen molar-refractivity contribution >= 4 is 40.1 Å². The maximum absolute atomic E-state index is 6.18. The molecule has 0 unspecified atom stereocenters. The average Bonchev–Trinajstić information content (AvgIpc) is 2.38. The van der Waals surface area contributed by atoms with Gasteiger partial charge >= 0.3 is 0 Å². The smallest absolute Gasteiger partial charge is 0.150 e. The molecular formula is C14H9Cl2N3. The van der Waals surface area contributed by atoms with E-state index in [1.54, 1.807) is 18.2 Å². The van der Waals surface area contributed by atoms with Crippen molar-refractivity contribution in [1.29, 1.82) is 0 Å². The van der Waals surface area contributed by atoms with Gasteiger partial charge in [-0.3, -0.25) is 0 Å². The summed E-state index contributed by atoms with van der Waals surface area (Å²) in [7, 11) is 0. The van der Waals surface area contributed by atoms with E-state index in [4.69, 9.17) is 28.9 Å². The van der Waals surface area contributed by atoms with Gasteiger partial charge in [0.05, 0.1) is 16.1 Å². The van der Waals surface area contributed by atoms with Gasteiger partial charge in [0.1, 0.15) is 5.69 Å². The summed E-state index contributed by atoms with van der Waals surface area (Å²) in [5, 5.41) is 1.07. The summed E-state index contributed by atoms with van der Waals surface area (Å²) in [5.41, 5.74) is 8.79. The van der Waals surface area contributed by atoms with Crippen LogP contribution in [0.3, 0.4) is 0 Å². The van der Waals surface area contributed by atoms with Crippen molar-refractivity contribution in [2.75, 3.05) is 5.73 Å². The molecule has 5 heteroatoms. The molecule has 3 nitrogen and oxygen atoms in total. The molecule has 0 aliphatic rings. The van der Waals surface area contributed by atoms with Gasteiger partial charge in [-0.25, -0.2) is 9.97 Å². The van der Waals surface area contributed by atoms with Gasteiger partial charge < -0.3 is 5.73 Å². The van der Waals surface area contributed by atoms with E-state index in [2.05, 4.69) is 9.97 Å². The summed E-state index contributed by atoms with van der Waals surface area (Å²) < 4.78 is 0. The highest BCUT2D eigenvalue weighted by molar-refractivity contribution is 6.36. The highest BCUT2D eigenvalue weighted by Crippen LogP contribution is 2.32. The zero-order valence-electron chi connectivity index (χ0n) is 9.77. The standard InChI is InChI=1S/C14H9Cl2N3/c15-8-5-6-9(10(16)7-8)13-14(17)19-12-4-2-1-3-11(12)18-13/h1-7H,(H2,17,19). The van der Waals surface area contributed by atoms with Gasteiger partial charge in [0, 0.05) is 10.6 Å². The summed E-state index contributed by atoms with van der Waals surface area (Å²) in [6.07, 6.45) is 0. The van der Waals surface area contributed by atoms with Crippen LogP contribution in [0.15, 0.2) is 42.5 Å². The molecule has 0 bridgehead atoms. The summed E-state index contributed by atoms with van der Waals surface area (Å²) >= 11 is 12.1. The Morgan fingerprint density at radius 2 is 1.58 bits per heavy atom. The molecule has 0 atom stereocenters. The lowest BCUT2D eigenvalue weighted by Crippen LogP contribution is -1.98. The number of fused-ring (bicyclic) bond motifs is 1. The van der Waals surface area contributed by atoms with Crippen molar-refractivity contribution in [3.63, 3.8) is 0 Å². The molecule has 0 fully saturated rings. The van der Waals surface area contributed by atoms with Crippen LogP contribution in [-0.2, 0) is 0 Å². The van der Waals surface area contributed by atoms with Crippen LogP contribution in [-0.4, -0.2) is 9.97 Å². The molecule has 0 saturated carbocycles. The Kier molecular flexibility index (Phi) is 3.01. The first-order chi connectivity index (χ1) is 9.15. The quantitative estimate of drug-likeness (QED) is 0.731. The minimum atomic E-state index is 0.350. The van der Waals surface area contributed by atoms with Gasteiger partial charge in [-0.2, -0.15) is 0 Å². The first-order valence-electron chi connectivity index (χ1n) is 5.63. The van der Waals surface area contributed by atoms with Crippen LogP contribution in [0.5, 0.6) is 0 Å². The van der Waals surface area contributed by atoms with Gasteiger partial charge in [-0.15, -0.1) is 0 Å². The number of anilines is 1. The molecular weight excluding hydrogens is 281 g/mol. The minimum Gasteiger partial charge on any atom is -0.382 e. The Morgan fingerprint density at radius 3 is 2.26 bits per heavy atom. The minimum absolute atomic E-state index is 0.350. The van der Waals surface area contributed by atoms with Crippen molar-refractivity contribution in [2.45, 2.75) is 0 Å². The van der Waals surface area contributed by atoms with Crippen LogP contribution in [0, 0.1) is 0 Å². The molecule has 3 rings (SSSR count). The molecule has 94 valence electrons. The van der Waals surface area contributed by atoms with E-state index in [1.165, 1.54) is 0 Å². The fourth-order valence-electron chi connectivity index (χ4n) is 1.89. The van der Waals surface area contributed by atoms with Crippen LogP contribution in [0.4, 0.5) is 5.82 Å². The molecule has 3 aromatic rings. The molecule has 0 aliphatic heterocycles. The number of nitrogens with zero attached hydrogens (tertiary/aromatic N) is 2. The number of benzene rings is 2. The van der Waals surface area contributed by atoms with E-state index < -0.39 is 0 Å². The van der Waals surface area contributed by atoms with Crippen molar-refractivity contribution in [3.8, 4) is 11.3 Å². The first kappa shape index (κ1) is 12.2. The Labute approximate surface area is 120 Å². The normalized spacial score (nSPS) is 10.8. The van der Waals surface area contributed by atoms with Crippen LogP contribution >= 0.6 is 23.2 Å². The maximum atomic E-state index is 6.18. The Hall–Kier alpha value is -1.84. The molecule has 0 amide bonds. The Balaban J connectivity index is 2.27. The van der Waals surface area contributed by atoms with Crippen LogP contribution in [0.2, 0.25) is 10.0 Å². The van der Waals surface area contributed by atoms with Gasteiger partial charge in [0.15, 0.2) is 5.82 Å². The van der Waals surface area contributed by atoms with Crippen molar-refractivity contribution in [1.82, 2.24) is 9.97 Å². The number of hydrogen-bond acceptors (Lipinski definition) is 3. The number of halogens is 2. The second kappa shape index (κ2) is 4.68. The van der Waals surface area contributed by atoms with Crippen molar-refractivity contribution in [3.05, 3.63) is 52.5 Å². The number of hydrogen-bond donors (Lipinski definition) is 1.